The van der Waals surface area contributed by atoms with Crippen molar-refractivity contribution in [2.75, 3.05) is 13.1 Å². The summed E-state index contributed by atoms with van der Waals surface area (Å²) in [5, 5.41) is 4.61. The van der Waals surface area contributed by atoms with Gasteiger partial charge in [0.2, 0.25) is 5.91 Å². The molecular formula is C26H28ClN3O2. The first-order valence-corrected chi connectivity index (χ1v) is 11.5. The molecule has 0 unspecified atom stereocenters. The van der Waals surface area contributed by atoms with Gasteiger partial charge in [0.25, 0.3) is 5.91 Å². The minimum absolute atomic E-state index is 0.00892. The minimum atomic E-state index is -0.556. The van der Waals surface area contributed by atoms with Crippen LogP contribution in [0.3, 0.4) is 0 Å². The van der Waals surface area contributed by atoms with E-state index in [-0.39, 0.29) is 17.7 Å². The normalized spacial score (nSPS) is 15.7. The van der Waals surface area contributed by atoms with E-state index in [1.807, 2.05) is 55.1 Å². The van der Waals surface area contributed by atoms with Crippen molar-refractivity contribution in [1.29, 1.82) is 0 Å². The predicted octanol–water partition coefficient (Wildman–Crippen LogP) is 5.05. The molecule has 2 amide bonds. The van der Waals surface area contributed by atoms with Crippen LogP contribution in [-0.2, 0) is 4.79 Å². The number of benzene rings is 2. The third-order valence-corrected chi connectivity index (χ3v) is 6.48. The smallest absolute Gasteiger partial charge is 0.251 e. The molecule has 2 heterocycles. The van der Waals surface area contributed by atoms with Gasteiger partial charge >= 0.3 is 0 Å². The number of amides is 2. The number of nitrogens with one attached hydrogen (secondary N) is 1. The van der Waals surface area contributed by atoms with Gasteiger partial charge in [-0.3, -0.25) is 14.6 Å². The highest BCUT2D eigenvalue weighted by atomic mass is 35.5. The van der Waals surface area contributed by atoms with E-state index in [4.69, 9.17) is 11.6 Å². The molecule has 0 spiro atoms. The maximum Gasteiger partial charge on any atom is 0.251 e. The zero-order valence-electron chi connectivity index (χ0n) is 18.4. The summed E-state index contributed by atoms with van der Waals surface area (Å²) in [6, 6.07) is 16.6. The number of likely N-dealkylation sites (tertiary alicyclic amines) is 1. The lowest BCUT2D eigenvalue weighted by Crippen LogP contribution is -2.52. The van der Waals surface area contributed by atoms with Crippen LogP contribution >= 0.6 is 11.6 Å². The van der Waals surface area contributed by atoms with Crippen LogP contribution in [0.15, 0.2) is 60.8 Å². The van der Waals surface area contributed by atoms with Crippen LogP contribution in [0, 0.1) is 5.92 Å². The molecule has 1 aromatic heterocycles. The van der Waals surface area contributed by atoms with Crippen LogP contribution in [0.25, 0.3) is 10.9 Å². The van der Waals surface area contributed by atoms with Gasteiger partial charge in [0.15, 0.2) is 0 Å². The SMILES string of the molecule is CC(C)[C@@H](NC(=O)c1ccc2ncccc2c1)C(=O)N1CCC(c2ccc(Cl)cc2)CC1. The second-order valence-electron chi connectivity index (χ2n) is 8.76. The number of carbonyl (C=O) groups excluding carboxylic acids is 2. The molecule has 1 N–H and O–H groups in total. The molecule has 1 aliphatic rings. The first kappa shape index (κ1) is 22.3. The number of hydrogen-bond acceptors (Lipinski definition) is 3. The topological polar surface area (TPSA) is 62.3 Å². The van der Waals surface area contributed by atoms with Crippen molar-refractivity contribution in [2.24, 2.45) is 5.92 Å². The van der Waals surface area contributed by atoms with Crippen LogP contribution in [-0.4, -0.2) is 40.8 Å². The molecule has 1 aliphatic heterocycles. The summed E-state index contributed by atoms with van der Waals surface area (Å²) in [6.45, 7) is 5.31. The zero-order chi connectivity index (χ0) is 22.7. The largest absolute Gasteiger partial charge is 0.341 e. The second kappa shape index (κ2) is 9.70. The van der Waals surface area contributed by atoms with Crippen molar-refractivity contribution >= 4 is 34.3 Å². The minimum Gasteiger partial charge on any atom is -0.341 e. The highest BCUT2D eigenvalue weighted by Crippen LogP contribution is 2.29. The fourth-order valence-electron chi connectivity index (χ4n) is 4.32. The van der Waals surface area contributed by atoms with E-state index >= 15 is 0 Å². The predicted molar refractivity (Wildman–Crippen MR) is 128 cm³/mol. The molecule has 0 aliphatic carbocycles. The first-order valence-electron chi connectivity index (χ1n) is 11.1. The summed E-state index contributed by atoms with van der Waals surface area (Å²) in [4.78, 5) is 32.4. The van der Waals surface area contributed by atoms with Crippen molar-refractivity contribution in [3.05, 3.63) is 76.9 Å². The molecule has 5 nitrogen and oxygen atoms in total. The number of carbonyl (C=O) groups is 2. The van der Waals surface area contributed by atoms with E-state index in [0.717, 1.165) is 28.8 Å². The molecule has 4 rings (SSSR count). The maximum absolute atomic E-state index is 13.3. The Morgan fingerprint density at radius 1 is 1.06 bits per heavy atom. The summed E-state index contributed by atoms with van der Waals surface area (Å²) in [5.74, 6) is 0.168. The quantitative estimate of drug-likeness (QED) is 0.593. The van der Waals surface area contributed by atoms with E-state index in [0.29, 0.717) is 24.6 Å². The highest BCUT2D eigenvalue weighted by Gasteiger charge is 2.31. The van der Waals surface area contributed by atoms with Gasteiger partial charge in [-0.05, 0) is 66.6 Å². The number of rotatable bonds is 5. The van der Waals surface area contributed by atoms with Crippen molar-refractivity contribution in [2.45, 2.75) is 38.6 Å². The molecule has 166 valence electrons. The number of nitrogens with zero attached hydrogens (tertiary/aromatic N) is 2. The van der Waals surface area contributed by atoms with Crippen molar-refractivity contribution in [3.63, 3.8) is 0 Å². The number of aromatic nitrogens is 1. The van der Waals surface area contributed by atoms with Crippen LogP contribution in [0.2, 0.25) is 5.02 Å². The Balaban J connectivity index is 1.41. The Morgan fingerprint density at radius 3 is 2.47 bits per heavy atom. The Kier molecular flexibility index (Phi) is 6.75. The van der Waals surface area contributed by atoms with Crippen LogP contribution in [0.1, 0.15) is 48.5 Å². The van der Waals surface area contributed by atoms with Gasteiger partial charge in [0, 0.05) is 35.3 Å². The monoisotopic (exact) mass is 449 g/mol. The van der Waals surface area contributed by atoms with E-state index in [1.54, 1.807) is 12.3 Å². The van der Waals surface area contributed by atoms with Gasteiger partial charge < -0.3 is 10.2 Å². The van der Waals surface area contributed by atoms with Gasteiger partial charge in [-0.1, -0.05) is 43.6 Å². The van der Waals surface area contributed by atoms with Crippen molar-refractivity contribution in [1.82, 2.24) is 15.2 Å². The molecule has 0 saturated carbocycles. The van der Waals surface area contributed by atoms with Gasteiger partial charge in [-0.15, -0.1) is 0 Å². The standard InChI is InChI=1S/C26H28ClN3O2/c1-17(2)24(29-25(31)21-7-10-23-20(16-21)4-3-13-28-23)26(32)30-14-11-19(12-15-30)18-5-8-22(27)9-6-18/h3-10,13,16-17,19,24H,11-12,14-15H2,1-2H3,(H,29,31)/t24-/m1/s1. The average molecular weight is 450 g/mol. The number of fused-ring (bicyclic) bond motifs is 1. The Bertz CT molecular complexity index is 1110. The van der Waals surface area contributed by atoms with Crippen LogP contribution in [0.5, 0.6) is 0 Å². The highest BCUT2D eigenvalue weighted by molar-refractivity contribution is 6.30. The molecule has 32 heavy (non-hydrogen) atoms. The lowest BCUT2D eigenvalue weighted by molar-refractivity contribution is -0.135. The van der Waals surface area contributed by atoms with Gasteiger partial charge in [-0.25, -0.2) is 0 Å². The summed E-state index contributed by atoms with van der Waals surface area (Å²) < 4.78 is 0. The Hall–Kier alpha value is -2.92. The number of pyridine rings is 1. The Labute approximate surface area is 193 Å². The van der Waals surface area contributed by atoms with E-state index < -0.39 is 6.04 Å². The second-order valence-corrected chi connectivity index (χ2v) is 9.19. The molecule has 3 aromatic rings. The fourth-order valence-corrected chi connectivity index (χ4v) is 4.45. The van der Waals surface area contributed by atoms with Crippen molar-refractivity contribution in [3.8, 4) is 0 Å². The molecule has 1 atom stereocenters. The first-order chi connectivity index (χ1) is 15.4. The fraction of sp³-hybridized carbons (Fsp3) is 0.346. The zero-order valence-corrected chi connectivity index (χ0v) is 19.2. The average Bonchev–Trinajstić information content (AvgIpc) is 2.82. The number of hydrogen-bond donors (Lipinski definition) is 1. The molecule has 2 aromatic carbocycles. The van der Waals surface area contributed by atoms with Gasteiger partial charge in [0.05, 0.1) is 5.52 Å². The maximum atomic E-state index is 13.3. The van der Waals surface area contributed by atoms with Gasteiger partial charge in [-0.2, -0.15) is 0 Å². The lowest BCUT2D eigenvalue weighted by Gasteiger charge is -2.35. The summed E-state index contributed by atoms with van der Waals surface area (Å²) in [5.41, 5.74) is 2.63. The Morgan fingerprint density at radius 2 is 1.78 bits per heavy atom. The molecular weight excluding hydrogens is 422 g/mol. The molecule has 0 bridgehead atoms. The van der Waals surface area contributed by atoms with Crippen molar-refractivity contribution < 1.29 is 9.59 Å². The van der Waals surface area contributed by atoms with E-state index in [1.165, 1.54) is 5.56 Å². The third-order valence-electron chi connectivity index (χ3n) is 6.23. The summed E-state index contributed by atoms with van der Waals surface area (Å²) in [6.07, 6.45) is 3.54. The van der Waals surface area contributed by atoms with E-state index in [2.05, 4.69) is 22.4 Å². The van der Waals surface area contributed by atoms with Gasteiger partial charge in [0.1, 0.15) is 6.04 Å². The third kappa shape index (κ3) is 4.94. The van der Waals surface area contributed by atoms with Crippen LogP contribution < -0.4 is 5.32 Å². The molecule has 1 fully saturated rings. The summed E-state index contributed by atoms with van der Waals surface area (Å²) in [7, 11) is 0. The number of piperidine rings is 1. The summed E-state index contributed by atoms with van der Waals surface area (Å²) >= 11 is 6.00. The number of halogens is 1. The molecule has 1 saturated heterocycles. The van der Waals surface area contributed by atoms with E-state index in [9.17, 15) is 9.59 Å². The van der Waals surface area contributed by atoms with Crippen LogP contribution in [0.4, 0.5) is 0 Å². The molecule has 6 heteroatoms. The lowest BCUT2D eigenvalue weighted by atomic mass is 9.89. The molecule has 0 radical (unpaired) electrons.